The number of rotatable bonds is 2. The molecule has 0 bridgehead atoms. The smallest absolute Gasteiger partial charge is 0.239 e. The normalized spacial score (nSPS) is 38.4. The lowest BCUT2D eigenvalue weighted by Gasteiger charge is -2.42. The summed E-state index contributed by atoms with van der Waals surface area (Å²) in [4.78, 5) is 14.9. The van der Waals surface area contributed by atoms with Gasteiger partial charge in [-0.1, -0.05) is 26.2 Å². The Kier molecular flexibility index (Phi) is 4.65. The molecule has 3 nitrogen and oxygen atoms in total. The van der Waals surface area contributed by atoms with Crippen molar-refractivity contribution < 1.29 is 4.79 Å². The number of nitrogens with zero attached hydrogens (tertiary/aromatic N) is 1. The van der Waals surface area contributed by atoms with Crippen LogP contribution in [0.4, 0.5) is 0 Å². The number of amides is 1. The molecule has 0 aromatic rings. The molecule has 1 amide bonds. The molecular formula is C17H30N2O. The highest BCUT2D eigenvalue weighted by Crippen LogP contribution is 2.33. The van der Waals surface area contributed by atoms with Crippen LogP contribution in [-0.2, 0) is 4.79 Å². The Morgan fingerprint density at radius 2 is 1.95 bits per heavy atom. The Bertz CT molecular complexity index is 344. The van der Waals surface area contributed by atoms with Gasteiger partial charge < -0.3 is 10.2 Å². The first-order chi connectivity index (χ1) is 9.78. The Labute approximate surface area is 123 Å². The van der Waals surface area contributed by atoms with Crippen molar-refractivity contribution in [2.24, 2.45) is 11.8 Å². The second kappa shape index (κ2) is 6.46. The van der Waals surface area contributed by atoms with Crippen molar-refractivity contribution in [3.63, 3.8) is 0 Å². The second-order valence-corrected chi connectivity index (χ2v) is 7.15. The summed E-state index contributed by atoms with van der Waals surface area (Å²) in [6.45, 7) is 4.24. The molecule has 3 rings (SSSR count). The van der Waals surface area contributed by atoms with E-state index >= 15 is 0 Å². The minimum absolute atomic E-state index is 0.116. The summed E-state index contributed by atoms with van der Waals surface area (Å²) in [7, 11) is 0. The molecule has 0 aromatic heterocycles. The van der Waals surface area contributed by atoms with Crippen LogP contribution in [0.5, 0.6) is 0 Å². The molecule has 3 heteroatoms. The number of carbonyl (C=O) groups excluding carboxylic acids is 1. The first-order valence-corrected chi connectivity index (χ1v) is 8.82. The van der Waals surface area contributed by atoms with Gasteiger partial charge in [-0.3, -0.25) is 4.79 Å². The number of carbonyl (C=O) groups is 1. The topological polar surface area (TPSA) is 32.3 Å². The average molecular weight is 278 g/mol. The van der Waals surface area contributed by atoms with E-state index in [4.69, 9.17) is 0 Å². The number of likely N-dealkylation sites (tertiary alicyclic amines) is 1. The van der Waals surface area contributed by atoms with E-state index in [1.54, 1.807) is 0 Å². The molecule has 4 atom stereocenters. The molecule has 3 aliphatic rings. The SMILES string of the molecule is CCC1CCCN(C(=O)C2CCC3CCCCC3N2)C1. The van der Waals surface area contributed by atoms with Crippen molar-refractivity contribution in [2.45, 2.75) is 76.8 Å². The van der Waals surface area contributed by atoms with E-state index in [2.05, 4.69) is 17.1 Å². The summed E-state index contributed by atoms with van der Waals surface area (Å²) < 4.78 is 0. The Hall–Kier alpha value is -0.570. The van der Waals surface area contributed by atoms with Gasteiger partial charge in [0.2, 0.25) is 5.91 Å². The summed E-state index contributed by atoms with van der Waals surface area (Å²) in [5.41, 5.74) is 0. The van der Waals surface area contributed by atoms with Gasteiger partial charge in [-0.15, -0.1) is 0 Å². The molecule has 3 fully saturated rings. The maximum atomic E-state index is 12.8. The predicted molar refractivity (Wildman–Crippen MR) is 81.5 cm³/mol. The van der Waals surface area contributed by atoms with Crippen molar-refractivity contribution in [1.82, 2.24) is 10.2 Å². The minimum atomic E-state index is 0.116. The van der Waals surface area contributed by atoms with Gasteiger partial charge in [0.15, 0.2) is 0 Å². The zero-order valence-electron chi connectivity index (χ0n) is 12.9. The van der Waals surface area contributed by atoms with Gasteiger partial charge in [0.05, 0.1) is 6.04 Å². The van der Waals surface area contributed by atoms with Crippen LogP contribution in [0, 0.1) is 11.8 Å². The minimum Gasteiger partial charge on any atom is -0.341 e. The first kappa shape index (κ1) is 14.4. The van der Waals surface area contributed by atoms with Gasteiger partial charge in [0, 0.05) is 19.1 Å². The molecule has 1 saturated carbocycles. The largest absolute Gasteiger partial charge is 0.341 e. The van der Waals surface area contributed by atoms with Crippen molar-refractivity contribution in [3.05, 3.63) is 0 Å². The highest BCUT2D eigenvalue weighted by Gasteiger charge is 2.36. The van der Waals surface area contributed by atoms with Gasteiger partial charge in [0.25, 0.3) is 0 Å². The molecule has 0 spiro atoms. The van der Waals surface area contributed by atoms with Gasteiger partial charge in [-0.2, -0.15) is 0 Å². The fourth-order valence-electron chi connectivity index (χ4n) is 4.51. The maximum absolute atomic E-state index is 12.8. The van der Waals surface area contributed by atoms with Crippen LogP contribution in [-0.4, -0.2) is 36.0 Å². The zero-order chi connectivity index (χ0) is 13.9. The average Bonchev–Trinajstić information content (AvgIpc) is 2.53. The van der Waals surface area contributed by atoms with Crippen molar-refractivity contribution >= 4 is 5.91 Å². The third kappa shape index (κ3) is 3.03. The van der Waals surface area contributed by atoms with E-state index in [9.17, 15) is 4.79 Å². The van der Waals surface area contributed by atoms with Crippen LogP contribution >= 0.6 is 0 Å². The molecule has 0 aromatic carbocycles. The van der Waals surface area contributed by atoms with Crippen LogP contribution < -0.4 is 5.32 Å². The molecule has 2 saturated heterocycles. The lowest BCUT2D eigenvalue weighted by molar-refractivity contribution is -0.136. The fraction of sp³-hybridized carbons (Fsp3) is 0.941. The van der Waals surface area contributed by atoms with Crippen molar-refractivity contribution in [1.29, 1.82) is 0 Å². The molecule has 20 heavy (non-hydrogen) atoms. The molecule has 114 valence electrons. The highest BCUT2D eigenvalue weighted by molar-refractivity contribution is 5.82. The summed E-state index contributed by atoms with van der Waals surface area (Å²) in [6.07, 6.45) is 11.4. The van der Waals surface area contributed by atoms with E-state index in [0.717, 1.165) is 31.3 Å². The zero-order valence-corrected chi connectivity index (χ0v) is 12.9. The Balaban J connectivity index is 1.57. The second-order valence-electron chi connectivity index (χ2n) is 7.15. The standard InChI is InChI=1S/C17H30N2O/c1-2-13-6-5-11-19(12-13)17(20)16-10-9-14-7-3-4-8-15(14)18-16/h13-16,18H,2-12H2,1H3. The fourth-order valence-corrected chi connectivity index (χ4v) is 4.51. The number of hydrogen-bond acceptors (Lipinski definition) is 2. The molecule has 4 unspecified atom stereocenters. The molecule has 2 aliphatic heterocycles. The van der Waals surface area contributed by atoms with Crippen LogP contribution in [0.2, 0.25) is 0 Å². The Morgan fingerprint density at radius 3 is 2.80 bits per heavy atom. The molecule has 1 aliphatic carbocycles. The number of fused-ring (bicyclic) bond motifs is 1. The lowest BCUT2D eigenvalue weighted by atomic mass is 9.77. The summed E-state index contributed by atoms with van der Waals surface area (Å²) >= 11 is 0. The van der Waals surface area contributed by atoms with E-state index in [1.165, 1.54) is 51.4 Å². The van der Waals surface area contributed by atoms with E-state index < -0.39 is 0 Å². The molecular weight excluding hydrogens is 248 g/mol. The number of hydrogen-bond donors (Lipinski definition) is 1. The van der Waals surface area contributed by atoms with Crippen molar-refractivity contribution in [2.75, 3.05) is 13.1 Å². The molecule has 1 N–H and O–H groups in total. The number of nitrogens with one attached hydrogen (secondary N) is 1. The first-order valence-electron chi connectivity index (χ1n) is 8.82. The summed E-state index contributed by atoms with van der Waals surface area (Å²) in [6, 6.07) is 0.739. The number of piperidine rings is 2. The van der Waals surface area contributed by atoms with Gasteiger partial charge in [0.1, 0.15) is 0 Å². The molecule has 0 radical (unpaired) electrons. The monoisotopic (exact) mass is 278 g/mol. The van der Waals surface area contributed by atoms with Crippen LogP contribution in [0.1, 0.15) is 64.7 Å². The maximum Gasteiger partial charge on any atom is 0.239 e. The van der Waals surface area contributed by atoms with Gasteiger partial charge in [-0.05, 0) is 50.4 Å². The third-order valence-corrected chi connectivity index (χ3v) is 5.86. The summed E-state index contributed by atoms with van der Waals surface area (Å²) in [5, 5.41) is 3.69. The van der Waals surface area contributed by atoms with E-state index in [0.29, 0.717) is 11.9 Å². The Morgan fingerprint density at radius 1 is 1.10 bits per heavy atom. The van der Waals surface area contributed by atoms with Crippen LogP contribution in [0.15, 0.2) is 0 Å². The van der Waals surface area contributed by atoms with Gasteiger partial charge in [-0.25, -0.2) is 0 Å². The third-order valence-electron chi connectivity index (χ3n) is 5.86. The predicted octanol–water partition coefficient (Wildman–Crippen LogP) is 2.95. The van der Waals surface area contributed by atoms with Crippen LogP contribution in [0.3, 0.4) is 0 Å². The van der Waals surface area contributed by atoms with Crippen LogP contribution in [0.25, 0.3) is 0 Å². The molecule has 2 heterocycles. The van der Waals surface area contributed by atoms with Gasteiger partial charge >= 0.3 is 0 Å². The van der Waals surface area contributed by atoms with E-state index in [1.807, 2.05) is 0 Å². The lowest BCUT2D eigenvalue weighted by Crippen LogP contribution is -2.56. The van der Waals surface area contributed by atoms with Crippen molar-refractivity contribution in [3.8, 4) is 0 Å². The summed E-state index contributed by atoms with van der Waals surface area (Å²) in [5.74, 6) is 1.98. The highest BCUT2D eigenvalue weighted by atomic mass is 16.2. The quantitative estimate of drug-likeness (QED) is 0.842. The van der Waals surface area contributed by atoms with E-state index in [-0.39, 0.29) is 6.04 Å².